The molecule has 1 unspecified atom stereocenters. The standard InChI is InChI=1S/C15H16N4OS/c20-11-3-1-6-18(10-11)15-13-9-12(14-4-2-8-21-14)17-19(13)7-5-16-15/h2,4-5,7-9,11,20H,1,3,6,10H2. The van der Waals surface area contributed by atoms with Crippen LogP contribution in [0.4, 0.5) is 5.82 Å². The van der Waals surface area contributed by atoms with E-state index in [1.165, 1.54) is 0 Å². The van der Waals surface area contributed by atoms with Gasteiger partial charge in [-0.25, -0.2) is 9.50 Å². The second-order valence-electron chi connectivity index (χ2n) is 5.33. The Morgan fingerprint density at radius 2 is 2.33 bits per heavy atom. The van der Waals surface area contributed by atoms with Gasteiger partial charge in [0.2, 0.25) is 0 Å². The molecular formula is C15H16N4OS. The van der Waals surface area contributed by atoms with Crippen LogP contribution < -0.4 is 4.90 Å². The summed E-state index contributed by atoms with van der Waals surface area (Å²) in [5.74, 6) is 0.909. The SMILES string of the molecule is OC1CCCN(c2nccn3nc(-c4cccs4)cc23)C1. The van der Waals surface area contributed by atoms with Gasteiger partial charge in [-0.1, -0.05) is 6.07 Å². The summed E-state index contributed by atoms with van der Waals surface area (Å²) in [6, 6.07) is 6.18. The lowest BCUT2D eigenvalue weighted by atomic mass is 10.1. The summed E-state index contributed by atoms with van der Waals surface area (Å²) < 4.78 is 1.87. The Hall–Kier alpha value is -1.92. The van der Waals surface area contributed by atoms with Crippen molar-refractivity contribution < 1.29 is 5.11 Å². The predicted molar refractivity (Wildman–Crippen MR) is 83.8 cm³/mol. The lowest BCUT2D eigenvalue weighted by Crippen LogP contribution is -2.38. The minimum absolute atomic E-state index is 0.263. The van der Waals surface area contributed by atoms with Crippen molar-refractivity contribution in [2.45, 2.75) is 18.9 Å². The molecule has 0 aromatic carbocycles. The van der Waals surface area contributed by atoms with Crippen LogP contribution in [0.25, 0.3) is 16.1 Å². The van der Waals surface area contributed by atoms with E-state index in [1.807, 2.05) is 16.8 Å². The molecule has 5 nitrogen and oxygen atoms in total. The molecule has 0 aliphatic carbocycles. The van der Waals surface area contributed by atoms with Crippen LogP contribution in [0.1, 0.15) is 12.8 Å². The van der Waals surface area contributed by atoms with E-state index in [2.05, 4.69) is 32.5 Å². The van der Waals surface area contributed by atoms with Gasteiger partial charge in [-0.2, -0.15) is 5.10 Å². The quantitative estimate of drug-likeness (QED) is 0.789. The number of aromatic nitrogens is 3. The fourth-order valence-corrected chi connectivity index (χ4v) is 3.53. The van der Waals surface area contributed by atoms with E-state index in [0.717, 1.165) is 41.3 Å². The monoisotopic (exact) mass is 300 g/mol. The van der Waals surface area contributed by atoms with Crippen LogP contribution in [0.3, 0.4) is 0 Å². The zero-order valence-corrected chi connectivity index (χ0v) is 12.3. The number of aliphatic hydroxyl groups excluding tert-OH is 1. The van der Waals surface area contributed by atoms with Crippen molar-refractivity contribution in [3.05, 3.63) is 36.0 Å². The van der Waals surface area contributed by atoms with Crippen molar-refractivity contribution in [1.82, 2.24) is 14.6 Å². The first-order valence-electron chi connectivity index (χ1n) is 7.12. The summed E-state index contributed by atoms with van der Waals surface area (Å²) in [4.78, 5) is 7.83. The van der Waals surface area contributed by atoms with Crippen molar-refractivity contribution in [2.75, 3.05) is 18.0 Å². The summed E-state index contributed by atoms with van der Waals surface area (Å²) >= 11 is 1.68. The largest absolute Gasteiger partial charge is 0.391 e. The topological polar surface area (TPSA) is 53.7 Å². The van der Waals surface area contributed by atoms with E-state index in [-0.39, 0.29) is 6.10 Å². The smallest absolute Gasteiger partial charge is 0.154 e. The molecule has 4 heterocycles. The minimum atomic E-state index is -0.263. The molecule has 0 bridgehead atoms. The van der Waals surface area contributed by atoms with Gasteiger partial charge in [0.1, 0.15) is 11.2 Å². The molecule has 3 aromatic rings. The molecule has 108 valence electrons. The van der Waals surface area contributed by atoms with Crippen LogP contribution in [0.5, 0.6) is 0 Å². The summed E-state index contributed by atoms with van der Waals surface area (Å²) in [5.41, 5.74) is 1.96. The van der Waals surface area contributed by atoms with Gasteiger partial charge in [-0.15, -0.1) is 11.3 Å². The van der Waals surface area contributed by atoms with Crippen molar-refractivity contribution in [3.63, 3.8) is 0 Å². The highest BCUT2D eigenvalue weighted by Crippen LogP contribution is 2.28. The van der Waals surface area contributed by atoms with Gasteiger partial charge < -0.3 is 10.0 Å². The molecule has 1 fully saturated rings. The third kappa shape index (κ3) is 2.30. The molecule has 1 aliphatic heterocycles. The van der Waals surface area contributed by atoms with Gasteiger partial charge in [-0.3, -0.25) is 0 Å². The zero-order chi connectivity index (χ0) is 14.2. The number of β-amino-alcohol motifs (C(OH)–C–C–N with tert-alkyl or cyclic N) is 1. The highest BCUT2D eigenvalue weighted by Gasteiger charge is 2.21. The molecule has 3 aromatic heterocycles. The van der Waals surface area contributed by atoms with E-state index in [0.29, 0.717) is 6.54 Å². The van der Waals surface area contributed by atoms with Crippen LogP contribution in [0.15, 0.2) is 36.0 Å². The summed E-state index contributed by atoms with van der Waals surface area (Å²) in [6.45, 7) is 1.58. The first kappa shape index (κ1) is 12.8. The summed E-state index contributed by atoms with van der Waals surface area (Å²) in [5, 5.41) is 16.6. The van der Waals surface area contributed by atoms with Gasteiger partial charge in [0.25, 0.3) is 0 Å². The summed E-state index contributed by atoms with van der Waals surface area (Å²) in [7, 11) is 0. The second kappa shape index (κ2) is 5.13. The van der Waals surface area contributed by atoms with Gasteiger partial charge in [0.15, 0.2) is 5.82 Å². The van der Waals surface area contributed by atoms with E-state index in [1.54, 1.807) is 17.5 Å². The van der Waals surface area contributed by atoms with Crippen molar-refractivity contribution in [2.24, 2.45) is 0 Å². The summed E-state index contributed by atoms with van der Waals surface area (Å²) in [6.07, 6.45) is 5.25. The molecule has 1 N–H and O–H groups in total. The first-order chi connectivity index (χ1) is 10.3. The first-order valence-corrected chi connectivity index (χ1v) is 8.00. The maximum atomic E-state index is 9.88. The van der Waals surface area contributed by atoms with E-state index < -0.39 is 0 Å². The number of fused-ring (bicyclic) bond motifs is 1. The normalized spacial score (nSPS) is 19.3. The molecule has 4 rings (SSSR count). The molecule has 1 aliphatic rings. The molecule has 0 saturated carbocycles. The fraction of sp³-hybridized carbons (Fsp3) is 0.333. The molecule has 1 saturated heterocycles. The Labute approximate surface area is 126 Å². The Morgan fingerprint density at radius 3 is 3.14 bits per heavy atom. The molecule has 21 heavy (non-hydrogen) atoms. The number of piperidine rings is 1. The lowest BCUT2D eigenvalue weighted by Gasteiger charge is -2.31. The second-order valence-corrected chi connectivity index (χ2v) is 6.28. The molecule has 6 heteroatoms. The number of thiophene rings is 1. The maximum absolute atomic E-state index is 9.88. The Morgan fingerprint density at radius 1 is 1.38 bits per heavy atom. The molecule has 1 atom stereocenters. The number of hydrogen-bond acceptors (Lipinski definition) is 5. The molecule has 0 radical (unpaired) electrons. The fourth-order valence-electron chi connectivity index (χ4n) is 2.84. The number of hydrogen-bond donors (Lipinski definition) is 1. The number of rotatable bonds is 2. The van der Waals surface area contributed by atoms with Gasteiger partial charge in [-0.05, 0) is 30.4 Å². The van der Waals surface area contributed by atoms with Gasteiger partial charge in [0, 0.05) is 25.5 Å². The minimum Gasteiger partial charge on any atom is -0.391 e. The molecule has 0 spiro atoms. The molecule has 0 amide bonds. The third-order valence-electron chi connectivity index (χ3n) is 3.84. The predicted octanol–water partition coefficient (Wildman–Crippen LogP) is 2.42. The van der Waals surface area contributed by atoms with Gasteiger partial charge >= 0.3 is 0 Å². The maximum Gasteiger partial charge on any atom is 0.154 e. The average molecular weight is 300 g/mol. The van der Waals surface area contributed by atoms with Crippen LogP contribution in [-0.4, -0.2) is 38.9 Å². The van der Waals surface area contributed by atoms with Crippen molar-refractivity contribution in [3.8, 4) is 10.6 Å². The molecular weight excluding hydrogens is 284 g/mol. The van der Waals surface area contributed by atoms with Crippen LogP contribution in [0.2, 0.25) is 0 Å². The highest BCUT2D eigenvalue weighted by molar-refractivity contribution is 7.13. The number of aliphatic hydroxyl groups is 1. The van der Waals surface area contributed by atoms with Crippen molar-refractivity contribution in [1.29, 1.82) is 0 Å². The van der Waals surface area contributed by atoms with E-state index >= 15 is 0 Å². The van der Waals surface area contributed by atoms with E-state index in [4.69, 9.17) is 0 Å². The van der Waals surface area contributed by atoms with Crippen LogP contribution in [-0.2, 0) is 0 Å². The lowest BCUT2D eigenvalue weighted by molar-refractivity contribution is 0.154. The number of nitrogens with zero attached hydrogens (tertiary/aromatic N) is 4. The Bertz CT molecular complexity index is 752. The Kier molecular flexibility index (Phi) is 3.12. The van der Waals surface area contributed by atoms with E-state index in [9.17, 15) is 5.11 Å². The third-order valence-corrected chi connectivity index (χ3v) is 4.73. The average Bonchev–Trinajstić information content (AvgIpc) is 3.15. The van der Waals surface area contributed by atoms with Gasteiger partial charge in [0.05, 0.1) is 11.0 Å². The Balaban J connectivity index is 1.79. The highest BCUT2D eigenvalue weighted by atomic mass is 32.1. The van der Waals surface area contributed by atoms with Crippen molar-refractivity contribution >= 4 is 22.7 Å². The van der Waals surface area contributed by atoms with Crippen LogP contribution >= 0.6 is 11.3 Å². The number of anilines is 1. The zero-order valence-electron chi connectivity index (χ0n) is 11.5. The van der Waals surface area contributed by atoms with Crippen LogP contribution in [0, 0.1) is 0 Å².